The first-order valence-corrected chi connectivity index (χ1v) is 8.19. The molecule has 0 radical (unpaired) electrons. The van der Waals surface area contributed by atoms with Gasteiger partial charge in [0.1, 0.15) is 5.75 Å². The molecule has 5 nitrogen and oxygen atoms in total. The van der Waals surface area contributed by atoms with Gasteiger partial charge in [0, 0.05) is 5.92 Å². The van der Waals surface area contributed by atoms with Crippen LogP contribution in [0.2, 0.25) is 0 Å². The Hall–Kier alpha value is -1.59. The summed E-state index contributed by atoms with van der Waals surface area (Å²) in [6, 6.07) is 5.91. The van der Waals surface area contributed by atoms with Crippen molar-refractivity contribution in [3.8, 4) is 5.75 Å². The molecule has 2 aliphatic rings. The van der Waals surface area contributed by atoms with Gasteiger partial charge < -0.3 is 19.3 Å². The van der Waals surface area contributed by atoms with Crippen molar-refractivity contribution in [1.29, 1.82) is 0 Å². The minimum absolute atomic E-state index is 0.0595. The zero-order valence-corrected chi connectivity index (χ0v) is 13.9. The van der Waals surface area contributed by atoms with Gasteiger partial charge in [-0.3, -0.25) is 0 Å². The van der Waals surface area contributed by atoms with Gasteiger partial charge in [-0.2, -0.15) is 0 Å². The maximum absolute atomic E-state index is 12.2. The van der Waals surface area contributed by atoms with Crippen molar-refractivity contribution in [2.75, 3.05) is 13.7 Å². The molecular formula is C18H24O5. The number of hydrogen-bond donors (Lipinski definition) is 1. The van der Waals surface area contributed by atoms with E-state index in [2.05, 4.69) is 0 Å². The summed E-state index contributed by atoms with van der Waals surface area (Å²) < 4.78 is 16.5. The van der Waals surface area contributed by atoms with Crippen molar-refractivity contribution in [1.82, 2.24) is 0 Å². The second-order valence-corrected chi connectivity index (χ2v) is 6.49. The van der Waals surface area contributed by atoms with Crippen LogP contribution in [0.25, 0.3) is 0 Å². The largest absolute Gasteiger partial charge is 0.497 e. The molecule has 0 aliphatic carbocycles. The number of esters is 1. The zero-order valence-electron chi connectivity index (χ0n) is 13.9. The van der Waals surface area contributed by atoms with E-state index >= 15 is 0 Å². The van der Waals surface area contributed by atoms with E-state index in [1.807, 2.05) is 18.2 Å². The fraction of sp³-hybridized carbons (Fsp3) is 0.611. The molecule has 1 unspecified atom stereocenters. The Morgan fingerprint density at radius 2 is 2.26 bits per heavy atom. The summed E-state index contributed by atoms with van der Waals surface area (Å²) >= 11 is 0. The van der Waals surface area contributed by atoms with Crippen molar-refractivity contribution in [3.63, 3.8) is 0 Å². The molecule has 1 aromatic carbocycles. The first-order valence-electron chi connectivity index (χ1n) is 8.19. The third-order valence-electron chi connectivity index (χ3n) is 5.02. The van der Waals surface area contributed by atoms with E-state index in [0.29, 0.717) is 6.42 Å². The van der Waals surface area contributed by atoms with Crippen molar-refractivity contribution in [2.45, 2.75) is 50.9 Å². The molecule has 2 aliphatic heterocycles. The van der Waals surface area contributed by atoms with Crippen LogP contribution in [-0.4, -0.2) is 36.5 Å². The van der Waals surface area contributed by atoms with Gasteiger partial charge in [-0.1, -0.05) is 6.07 Å². The smallest absolute Gasteiger partial charge is 0.338 e. The van der Waals surface area contributed by atoms with E-state index < -0.39 is 11.6 Å². The maximum Gasteiger partial charge on any atom is 0.338 e. The molecule has 3 rings (SSSR count). The van der Waals surface area contributed by atoms with Crippen LogP contribution in [0.3, 0.4) is 0 Å². The fourth-order valence-corrected chi connectivity index (χ4v) is 3.71. The number of benzene rings is 1. The lowest BCUT2D eigenvalue weighted by Crippen LogP contribution is -2.45. The van der Waals surface area contributed by atoms with E-state index in [9.17, 15) is 9.90 Å². The number of aliphatic hydroxyl groups is 1. The average molecular weight is 320 g/mol. The summed E-state index contributed by atoms with van der Waals surface area (Å²) in [5.41, 5.74) is 0.658. The number of ether oxygens (including phenoxy) is 3. The van der Waals surface area contributed by atoms with Gasteiger partial charge in [-0.05, 0) is 56.4 Å². The number of rotatable bonds is 4. The third kappa shape index (κ3) is 2.83. The lowest BCUT2D eigenvalue weighted by atomic mass is 9.77. The van der Waals surface area contributed by atoms with Crippen LogP contribution >= 0.6 is 0 Å². The topological polar surface area (TPSA) is 65.0 Å². The Bertz CT molecular complexity index is 595. The summed E-state index contributed by atoms with van der Waals surface area (Å²) in [6.45, 7) is 3.54. The molecule has 0 saturated carbocycles. The third-order valence-corrected chi connectivity index (χ3v) is 5.02. The Kier molecular flexibility index (Phi) is 4.34. The highest BCUT2D eigenvalue weighted by atomic mass is 16.6. The van der Waals surface area contributed by atoms with Gasteiger partial charge in [0.2, 0.25) is 0 Å². The highest BCUT2D eigenvalue weighted by Gasteiger charge is 2.52. The monoisotopic (exact) mass is 320 g/mol. The van der Waals surface area contributed by atoms with Crippen LogP contribution in [0.5, 0.6) is 5.75 Å². The number of hydrogen-bond acceptors (Lipinski definition) is 5. The first-order chi connectivity index (χ1) is 11.0. The van der Waals surface area contributed by atoms with E-state index in [1.54, 1.807) is 21.0 Å². The van der Waals surface area contributed by atoms with Gasteiger partial charge in [-0.15, -0.1) is 0 Å². The van der Waals surface area contributed by atoms with E-state index in [0.717, 1.165) is 24.2 Å². The summed E-state index contributed by atoms with van der Waals surface area (Å²) in [5, 5.41) is 10.8. The van der Waals surface area contributed by atoms with Crippen molar-refractivity contribution < 1.29 is 24.1 Å². The molecule has 5 heteroatoms. The fourth-order valence-electron chi connectivity index (χ4n) is 3.71. The summed E-state index contributed by atoms with van der Waals surface area (Å²) in [6.07, 6.45) is 2.24. The maximum atomic E-state index is 12.2. The predicted octanol–water partition coefficient (Wildman–Crippen LogP) is 2.40. The van der Waals surface area contributed by atoms with Crippen LogP contribution in [0.15, 0.2) is 18.2 Å². The zero-order chi connectivity index (χ0) is 16.6. The number of aryl methyl sites for hydroxylation is 1. The van der Waals surface area contributed by atoms with E-state index in [4.69, 9.17) is 14.2 Å². The van der Waals surface area contributed by atoms with Crippen molar-refractivity contribution in [2.24, 2.45) is 5.92 Å². The lowest BCUT2D eigenvalue weighted by molar-refractivity contribution is -0.171. The normalized spacial score (nSPS) is 28.4. The van der Waals surface area contributed by atoms with Crippen LogP contribution in [0.1, 0.15) is 43.9 Å². The summed E-state index contributed by atoms with van der Waals surface area (Å²) in [5.74, 6) is -0.0656. The SMILES string of the molecule is CCOC(=O)[C@@](C)(O)C1C[C@H]2CCc3cc(OC)ccc3[C@@H]1O2. The molecule has 23 heavy (non-hydrogen) atoms. The van der Waals surface area contributed by atoms with Crippen LogP contribution in [-0.2, 0) is 20.7 Å². The number of methoxy groups -OCH3 is 1. The van der Waals surface area contributed by atoms with Crippen molar-refractivity contribution >= 4 is 5.97 Å². The van der Waals surface area contributed by atoms with E-state index in [-0.39, 0.29) is 24.7 Å². The number of carbonyl (C=O) groups excluding carboxylic acids is 1. The molecule has 0 aromatic heterocycles. The molecular weight excluding hydrogens is 296 g/mol. The van der Waals surface area contributed by atoms with Crippen LogP contribution in [0.4, 0.5) is 0 Å². The molecule has 1 fully saturated rings. The molecule has 4 atom stereocenters. The Morgan fingerprint density at radius 3 is 2.96 bits per heavy atom. The van der Waals surface area contributed by atoms with Gasteiger partial charge in [0.05, 0.1) is 25.9 Å². The Morgan fingerprint density at radius 1 is 1.48 bits per heavy atom. The lowest BCUT2D eigenvalue weighted by Gasteiger charge is -2.32. The first kappa shape index (κ1) is 16.3. The highest BCUT2D eigenvalue weighted by Crippen LogP contribution is 2.48. The average Bonchev–Trinajstić information content (AvgIpc) is 2.88. The second-order valence-electron chi connectivity index (χ2n) is 6.49. The molecule has 2 heterocycles. The van der Waals surface area contributed by atoms with E-state index in [1.165, 1.54) is 5.56 Å². The number of carbonyl (C=O) groups is 1. The minimum atomic E-state index is -1.55. The molecule has 1 saturated heterocycles. The quantitative estimate of drug-likeness (QED) is 0.863. The summed E-state index contributed by atoms with van der Waals surface area (Å²) in [7, 11) is 1.65. The van der Waals surface area contributed by atoms with Gasteiger partial charge in [0.15, 0.2) is 5.60 Å². The highest BCUT2D eigenvalue weighted by molar-refractivity contribution is 5.79. The molecule has 1 aromatic rings. The molecule has 0 amide bonds. The van der Waals surface area contributed by atoms with Gasteiger partial charge in [0.25, 0.3) is 0 Å². The molecule has 2 bridgehead atoms. The summed E-state index contributed by atoms with van der Waals surface area (Å²) in [4.78, 5) is 12.2. The molecule has 1 N–H and O–H groups in total. The second kappa shape index (κ2) is 6.13. The van der Waals surface area contributed by atoms with Crippen molar-refractivity contribution in [3.05, 3.63) is 29.3 Å². The molecule has 0 spiro atoms. The minimum Gasteiger partial charge on any atom is -0.497 e. The van der Waals surface area contributed by atoms with Crippen LogP contribution < -0.4 is 4.74 Å². The standard InChI is InChI=1S/C18H24O5/c1-4-22-17(19)18(2,20)15-10-13-6-5-11-9-12(21-3)7-8-14(11)16(15)23-13/h7-9,13,15-16,20H,4-6,10H2,1-3H3/t13-,15?,16+,18+/m1/s1. The Balaban J connectivity index is 1.95. The molecule has 126 valence electrons. The Labute approximate surface area is 136 Å². The van der Waals surface area contributed by atoms with Crippen LogP contribution in [0, 0.1) is 5.92 Å². The van der Waals surface area contributed by atoms with Gasteiger partial charge in [-0.25, -0.2) is 4.79 Å². The van der Waals surface area contributed by atoms with Gasteiger partial charge >= 0.3 is 5.97 Å². The number of fused-ring (bicyclic) bond motifs is 4. The predicted molar refractivity (Wildman–Crippen MR) is 84.3 cm³/mol.